The van der Waals surface area contributed by atoms with E-state index in [4.69, 9.17) is 5.26 Å². The second-order valence-corrected chi connectivity index (χ2v) is 2.85. The van der Waals surface area contributed by atoms with Crippen molar-refractivity contribution in [3.05, 3.63) is 24.2 Å². The van der Waals surface area contributed by atoms with Crippen LogP contribution < -0.4 is 0 Å². The minimum absolute atomic E-state index is 0.214. The van der Waals surface area contributed by atoms with Crippen LogP contribution in [0.2, 0.25) is 0 Å². The first kappa shape index (κ1) is 7.74. The second kappa shape index (κ2) is 2.87. The van der Waals surface area contributed by atoms with Crippen molar-refractivity contribution in [2.75, 3.05) is 0 Å². The van der Waals surface area contributed by atoms with Gasteiger partial charge in [-0.2, -0.15) is 5.26 Å². The van der Waals surface area contributed by atoms with Crippen molar-refractivity contribution < 1.29 is 0 Å². The SMILES string of the molecule is CC(C#N)c1nc2ncccc2[nH]1. The van der Waals surface area contributed by atoms with E-state index in [1.807, 2.05) is 12.1 Å². The molecular formula is C9H8N4. The van der Waals surface area contributed by atoms with E-state index in [1.54, 1.807) is 13.1 Å². The lowest BCUT2D eigenvalue weighted by Gasteiger charge is -1.92. The molecule has 0 saturated carbocycles. The molecule has 0 saturated heterocycles. The number of nitrogens with one attached hydrogen (secondary N) is 1. The van der Waals surface area contributed by atoms with E-state index in [2.05, 4.69) is 21.0 Å². The van der Waals surface area contributed by atoms with Gasteiger partial charge in [-0.15, -0.1) is 0 Å². The van der Waals surface area contributed by atoms with Crippen LogP contribution >= 0.6 is 0 Å². The van der Waals surface area contributed by atoms with Crippen LogP contribution in [-0.2, 0) is 0 Å². The fourth-order valence-electron chi connectivity index (χ4n) is 1.13. The van der Waals surface area contributed by atoms with Crippen molar-refractivity contribution in [1.82, 2.24) is 15.0 Å². The Morgan fingerprint density at radius 1 is 1.62 bits per heavy atom. The van der Waals surface area contributed by atoms with E-state index >= 15 is 0 Å². The van der Waals surface area contributed by atoms with Crippen LogP contribution in [0.3, 0.4) is 0 Å². The highest BCUT2D eigenvalue weighted by Gasteiger charge is 2.09. The molecule has 0 amide bonds. The van der Waals surface area contributed by atoms with Crippen LogP contribution in [0.25, 0.3) is 11.2 Å². The molecule has 0 aromatic carbocycles. The third-order valence-corrected chi connectivity index (χ3v) is 1.88. The van der Waals surface area contributed by atoms with Crippen molar-refractivity contribution >= 4 is 11.2 Å². The van der Waals surface area contributed by atoms with E-state index in [9.17, 15) is 0 Å². The summed E-state index contributed by atoms with van der Waals surface area (Å²) in [6.45, 7) is 1.80. The van der Waals surface area contributed by atoms with Crippen LogP contribution in [-0.4, -0.2) is 15.0 Å². The van der Waals surface area contributed by atoms with Gasteiger partial charge in [-0.05, 0) is 19.1 Å². The maximum Gasteiger partial charge on any atom is 0.177 e. The van der Waals surface area contributed by atoms with Gasteiger partial charge in [0.15, 0.2) is 5.65 Å². The summed E-state index contributed by atoms with van der Waals surface area (Å²) >= 11 is 0. The number of aromatic amines is 1. The highest BCUT2D eigenvalue weighted by molar-refractivity contribution is 5.70. The fourth-order valence-corrected chi connectivity index (χ4v) is 1.13. The number of H-pyrrole nitrogens is 1. The Labute approximate surface area is 75.2 Å². The van der Waals surface area contributed by atoms with Gasteiger partial charge in [0.2, 0.25) is 0 Å². The predicted octanol–water partition coefficient (Wildman–Crippen LogP) is 1.58. The highest BCUT2D eigenvalue weighted by Crippen LogP contribution is 2.14. The van der Waals surface area contributed by atoms with E-state index in [1.165, 1.54) is 0 Å². The molecule has 2 heterocycles. The van der Waals surface area contributed by atoms with Gasteiger partial charge in [-0.25, -0.2) is 9.97 Å². The molecule has 4 heteroatoms. The van der Waals surface area contributed by atoms with Crippen LogP contribution in [0, 0.1) is 11.3 Å². The zero-order chi connectivity index (χ0) is 9.26. The lowest BCUT2D eigenvalue weighted by Crippen LogP contribution is -1.91. The first-order valence-electron chi connectivity index (χ1n) is 4.01. The fraction of sp³-hybridized carbons (Fsp3) is 0.222. The van der Waals surface area contributed by atoms with E-state index < -0.39 is 0 Å². The topological polar surface area (TPSA) is 65.4 Å². The third-order valence-electron chi connectivity index (χ3n) is 1.88. The standard InChI is InChI=1S/C9H8N4/c1-6(5-10)8-12-7-3-2-4-11-9(7)13-8/h2-4,6H,1H3,(H,11,12,13). The lowest BCUT2D eigenvalue weighted by atomic mass is 10.2. The Morgan fingerprint density at radius 2 is 2.46 bits per heavy atom. The van der Waals surface area contributed by atoms with Crippen LogP contribution in [0.1, 0.15) is 18.7 Å². The highest BCUT2D eigenvalue weighted by atomic mass is 15.0. The molecule has 2 rings (SSSR count). The molecule has 0 aliphatic heterocycles. The quantitative estimate of drug-likeness (QED) is 0.710. The van der Waals surface area contributed by atoms with Gasteiger partial charge < -0.3 is 4.98 Å². The summed E-state index contributed by atoms with van der Waals surface area (Å²) in [5, 5.41) is 8.68. The maximum absolute atomic E-state index is 8.68. The molecular weight excluding hydrogens is 164 g/mol. The average Bonchev–Trinajstić information content (AvgIpc) is 2.59. The van der Waals surface area contributed by atoms with Crippen molar-refractivity contribution in [3.63, 3.8) is 0 Å². The predicted molar refractivity (Wildman–Crippen MR) is 47.9 cm³/mol. The maximum atomic E-state index is 8.68. The molecule has 13 heavy (non-hydrogen) atoms. The van der Waals surface area contributed by atoms with Gasteiger partial charge in [0.25, 0.3) is 0 Å². The van der Waals surface area contributed by atoms with Crippen LogP contribution in [0.4, 0.5) is 0 Å². The molecule has 0 aliphatic carbocycles. The molecule has 0 aliphatic rings. The van der Waals surface area contributed by atoms with Gasteiger partial charge in [0.05, 0.1) is 11.6 Å². The summed E-state index contributed by atoms with van der Waals surface area (Å²) in [6, 6.07) is 5.85. The monoisotopic (exact) mass is 172 g/mol. The number of hydrogen-bond acceptors (Lipinski definition) is 3. The Bertz CT molecular complexity index is 433. The van der Waals surface area contributed by atoms with Crippen molar-refractivity contribution in [2.45, 2.75) is 12.8 Å². The molecule has 0 radical (unpaired) electrons. The number of imidazole rings is 1. The molecule has 2 aromatic heterocycles. The number of pyridine rings is 1. The Hall–Kier alpha value is -1.89. The largest absolute Gasteiger partial charge is 0.339 e. The van der Waals surface area contributed by atoms with Crippen LogP contribution in [0.15, 0.2) is 18.3 Å². The molecule has 4 nitrogen and oxygen atoms in total. The first-order chi connectivity index (χ1) is 6.31. The number of rotatable bonds is 1. The lowest BCUT2D eigenvalue weighted by molar-refractivity contribution is 0.889. The minimum Gasteiger partial charge on any atom is -0.339 e. The number of nitrogens with zero attached hydrogens (tertiary/aromatic N) is 3. The summed E-state index contributed by atoms with van der Waals surface area (Å²) in [7, 11) is 0. The van der Waals surface area contributed by atoms with E-state index in [0.29, 0.717) is 11.5 Å². The molecule has 2 aromatic rings. The molecule has 1 atom stereocenters. The Morgan fingerprint density at radius 3 is 3.15 bits per heavy atom. The van der Waals surface area contributed by atoms with Gasteiger partial charge in [-0.3, -0.25) is 0 Å². The summed E-state index contributed by atoms with van der Waals surface area (Å²) in [6.07, 6.45) is 1.68. The van der Waals surface area contributed by atoms with Gasteiger partial charge in [-0.1, -0.05) is 0 Å². The smallest absolute Gasteiger partial charge is 0.177 e. The van der Waals surface area contributed by atoms with Crippen molar-refractivity contribution in [3.8, 4) is 6.07 Å². The number of aromatic nitrogens is 3. The van der Waals surface area contributed by atoms with Crippen molar-refractivity contribution in [1.29, 1.82) is 5.26 Å². The summed E-state index contributed by atoms with van der Waals surface area (Å²) in [5.41, 5.74) is 1.54. The van der Waals surface area contributed by atoms with Gasteiger partial charge >= 0.3 is 0 Å². The molecule has 0 spiro atoms. The minimum atomic E-state index is -0.214. The number of fused-ring (bicyclic) bond motifs is 1. The average molecular weight is 172 g/mol. The van der Waals surface area contributed by atoms with Crippen molar-refractivity contribution in [2.24, 2.45) is 0 Å². The summed E-state index contributed by atoms with van der Waals surface area (Å²) < 4.78 is 0. The number of hydrogen-bond donors (Lipinski definition) is 1. The van der Waals surface area contributed by atoms with Gasteiger partial charge in [0, 0.05) is 6.20 Å². The normalized spacial score (nSPS) is 12.6. The van der Waals surface area contributed by atoms with Crippen LogP contribution in [0.5, 0.6) is 0 Å². The summed E-state index contributed by atoms with van der Waals surface area (Å²) in [5.74, 6) is 0.463. The summed E-state index contributed by atoms with van der Waals surface area (Å²) in [4.78, 5) is 11.3. The zero-order valence-electron chi connectivity index (χ0n) is 7.15. The molecule has 1 N–H and O–H groups in total. The number of nitriles is 1. The Kier molecular flexibility index (Phi) is 1.71. The third kappa shape index (κ3) is 1.25. The zero-order valence-corrected chi connectivity index (χ0v) is 7.15. The second-order valence-electron chi connectivity index (χ2n) is 2.85. The molecule has 64 valence electrons. The molecule has 1 unspecified atom stereocenters. The first-order valence-corrected chi connectivity index (χ1v) is 4.01. The Balaban J connectivity index is 2.57. The molecule has 0 bridgehead atoms. The van der Waals surface area contributed by atoms with E-state index in [-0.39, 0.29) is 5.92 Å². The van der Waals surface area contributed by atoms with E-state index in [0.717, 1.165) is 5.52 Å². The van der Waals surface area contributed by atoms with Gasteiger partial charge in [0.1, 0.15) is 11.7 Å². The molecule has 0 fully saturated rings.